The highest BCUT2D eigenvalue weighted by Crippen LogP contribution is 2.11. The molecular weight excluding hydrogens is 200 g/mol. The molecule has 3 heteroatoms. The van der Waals surface area contributed by atoms with Crippen molar-refractivity contribution in [3.63, 3.8) is 0 Å². The van der Waals surface area contributed by atoms with Crippen molar-refractivity contribution >= 4 is 5.69 Å². The normalized spacial score (nSPS) is 10.9. The first-order chi connectivity index (χ1) is 7.70. The number of anilines is 1. The van der Waals surface area contributed by atoms with Crippen molar-refractivity contribution in [3.8, 4) is 0 Å². The largest absolute Gasteiger partial charge is 0.398 e. The first-order valence-corrected chi connectivity index (χ1v) is 5.96. The maximum Gasteiger partial charge on any atom is 0.0469 e. The van der Waals surface area contributed by atoms with Gasteiger partial charge in [-0.15, -0.1) is 0 Å². The minimum Gasteiger partial charge on any atom is -0.398 e. The smallest absolute Gasteiger partial charge is 0.0469 e. The van der Waals surface area contributed by atoms with Crippen LogP contribution in [0.5, 0.6) is 0 Å². The summed E-state index contributed by atoms with van der Waals surface area (Å²) < 4.78 is 5.54. The molecule has 1 aromatic heterocycles. The van der Waals surface area contributed by atoms with E-state index in [1.807, 2.05) is 12.3 Å². The third-order valence-corrected chi connectivity index (χ3v) is 2.52. The lowest BCUT2D eigenvalue weighted by Gasteiger charge is -2.07. The summed E-state index contributed by atoms with van der Waals surface area (Å²) in [5.41, 5.74) is 7.77. The van der Waals surface area contributed by atoms with Gasteiger partial charge in [-0.05, 0) is 36.8 Å². The minimum atomic E-state index is 0.717. The van der Waals surface area contributed by atoms with Crippen LogP contribution < -0.4 is 5.73 Å². The van der Waals surface area contributed by atoms with Crippen LogP contribution in [-0.4, -0.2) is 18.2 Å². The molecule has 1 aromatic rings. The van der Waals surface area contributed by atoms with Crippen LogP contribution in [0.4, 0.5) is 5.69 Å². The van der Waals surface area contributed by atoms with Crippen molar-refractivity contribution in [2.75, 3.05) is 18.9 Å². The van der Waals surface area contributed by atoms with Crippen LogP contribution in [0, 0.1) is 5.92 Å². The number of ether oxygens (including phenoxy) is 1. The summed E-state index contributed by atoms with van der Waals surface area (Å²) in [7, 11) is 0. The molecule has 16 heavy (non-hydrogen) atoms. The third kappa shape index (κ3) is 5.12. The molecule has 1 rings (SSSR count). The predicted octanol–water partition coefficient (Wildman–Crippen LogP) is 2.66. The minimum absolute atomic E-state index is 0.717. The van der Waals surface area contributed by atoms with Crippen molar-refractivity contribution in [3.05, 3.63) is 24.0 Å². The van der Waals surface area contributed by atoms with E-state index in [4.69, 9.17) is 10.5 Å². The first-order valence-electron chi connectivity index (χ1n) is 5.96. The predicted molar refractivity (Wildman–Crippen MR) is 67.2 cm³/mol. The van der Waals surface area contributed by atoms with Gasteiger partial charge in [0.15, 0.2) is 0 Å². The quantitative estimate of drug-likeness (QED) is 0.721. The molecule has 0 saturated carbocycles. The zero-order valence-electron chi connectivity index (χ0n) is 10.3. The van der Waals surface area contributed by atoms with Crippen LogP contribution in [-0.2, 0) is 11.2 Å². The lowest BCUT2D eigenvalue weighted by molar-refractivity contribution is 0.121. The molecule has 0 aliphatic rings. The molecule has 0 radical (unpaired) electrons. The monoisotopic (exact) mass is 222 g/mol. The fourth-order valence-electron chi connectivity index (χ4n) is 1.43. The van der Waals surface area contributed by atoms with E-state index in [-0.39, 0.29) is 0 Å². The van der Waals surface area contributed by atoms with Gasteiger partial charge in [0, 0.05) is 31.3 Å². The molecule has 0 fully saturated rings. The second-order valence-electron chi connectivity index (χ2n) is 4.47. The standard InChI is InChI=1S/C13H22N2O/c1-11(2)6-9-16-8-3-4-12-10-15-7-5-13(12)14/h5,7,10-11H,3-4,6,8-9H2,1-2H3,(H2,14,15). The van der Waals surface area contributed by atoms with E-state index in [1.165, 1.54) is 0 Å². The van der Waals surface area contributed by atoms with Gasteiger partial charge in [-0.25, -0.2) is 0 Å². The van der Waals surface area contributed by atoms with E-state index >= 15 is 0 Å². The highest BCUT2D eigenvalue weighted by atomic mass is 16.5. The number of aryl methyl sites for hydroxylation is 1. The van der Waals surface area contributed by atoms with Crippen LogP contribution >= 0.6 is 0 Å². The van der Waals surface area contributed by atoms with Gasteiger partial charge in [-0.2, -0.15) is 0 Å². The lowest BCUT2D eigenvalue weighted by atomic mass is 10.1. The zero-order chi connectivity index (χ0) is 11.8. The molecular formula is C13H22N2O. The van der Waals surface area contributed by atoms with Crippen LogP contribution in [0.2, 0.25) is 0 Å². The Morgan fingerprint density at radius 1 is 1.38 bits per heavy atom. The molecule has 0 aliphatic carbocycles. The Hall–Kier alpha value is -1.09. The molecule has 1 heterocycles. The SMILES string of the molecule is CC(C)CCOCCCc1cnccc1N. The van der Waals surface area contributed by atoms with Crippen molar-refractivity contribution in [1.82, 2.24) is 4.98 Å². The molecule has 0 aliphatic heterocycles. The number of hydrogen-bond donors (Lipinski definition) is 1. The lowest BCUT2D eigenvalue weighted by Crippen LogP contribution is -2.02. The van der Waals surface area contributed by atoms with Crippen LogP contribution in [0.1, 0.15) is 32.3 Å². The summed E-state index contributed by atoms with van der Waals surface area (Å²) in [6.45, 7) is 6.08. The summed E-state index contributed by atoms with van der Waals surface area (Å²) in [5, 5.41) is 0. The summed E-state index contributed by atoms with van der Waals surface area (Å²) in [4.78, 5) is 4.06. The number of nitrogens with two attached hydrogens (primary N) is 1. The van der Waals surface area contributed by atoms with Gasteiger partial charge in [-0.1, -0.05) is 13.8 Å². The van der Waals surface area contributed by atoms with Gasteiger partial charge < -0.3 is 10.5 Å². The van der Waals surface area contributed by atoms with E-state index in [1.54, 1.807) is 6.20 Å². The molecule has 90 valence electrons. The number of pyridine rings is 1. The Morgan fingerprint density at radius 3 is 2.88 bits per heavy atom. The Labute approximate surface area is 98.0 Å². The summed E-state index contributed by atoms with van der Waals surface area (Å²) in [5.74, 6) is 0.717. The molecule has 3 nitrogen and oxygen atoms in total. The van der Waals surface area contributed by atoms with Crippen molar-refractivity contribution < 1.29 is 4.74 Å². The second-order valence-corrected chi connectivity index (χ2v) is 4.47. The number of hydrogen-bond acceptors (Lipinski definition) is 3. The van der Waals surface area contributed by atoms with Gasteiger partial charge in [-0.3, -0.25) is 4.98 Å². The molecule has 0 bridgehead atoms. The number of nitrogens with zero attached hydrogens (tertiary/aromatic N) is 1. The second kappa shape index (κ2) is 7.23. The highest BCUT2D eigenvalue weighted by Gasteiger charge is 1.99. The number of aromatic nitrogens is 1. The fourth-order valence-corrected chi connectivity index (χ4v) is 1.43. The average molecular weight is 222 g/mol. The van der Waals surface area contributed by atoms with Crippen LogP contribution in [0.25, 0.3) is 0 Å². The van der Waals surface area contributed by atoms with Crippen LogP contribution in [0.15, 0.2) is 18.5 Å². The average Bonchev–Trinajstić information content (AvgIpc) is 2.25. The molecule has 0 saturated heterocycles. The van der Waals surface area contributed by atoms with Gasteiger partial charge in [0.05, 0.1) is 0 Å². The summed E-state index contributed by atoms with van der Waals surface area (Å²) in [6, 6.07) is 1.84. The molecule has 0 unspecified atom stereocenters. The van der Waals surface area contributed by atoms with Crippen LogP contribution in [0.3, 0.4) is 0 Å². The van der Waals surface area contributed by atoms with E-state index < -0.39 is 0 Å². The summed E-state index contributed by atoms with van der Waals surface area (Å²) in [6.07, 6.45) is 6.64. The van der Waals surface area contributed by atoms with Crippen molar-refractivity contribution in [1.29, 1.82) is 0 Å². The van der Waals surface area contributed by atoms with E-state index in [0.717, 1.165) is 43.7 Å². The zero-order valence-corrected chi connectivity index (χ0v) is 10.3. The third-order valence-electron chi connectivity index (χ3n) is 2.52. The van der Waals surface area contributed by atoms with Gasteiger partial charge in [0.1, 0.15) is 0 Å². The Bertz CT molecular complexity index is 300. The van der Waals surface area contributed by atoms with Crippen molar-refractivity contribution in [2.45, 2.75) is 33.1 Å². The van der Waals surface area contributed by atoms with E-state index in [2.05, 4.69) is 18.8 Å². The topological polar surface area (TPSA) is 48.1 Å². The molecule has 2 N–H and O–H groups in total. The maximum atomic E-state index is 5.82. The molecule has 0 spiro atoms. The molecule has 0 atom stereocenters. The van der Waals surface area contributed by atoms with Gasteiger partial charge in [0.25, 0.3) is 0 Å². The van der Waals surface area contributed by atoms with E-state index in [9.17, 15) is 0 Å². The van der Waals surface area contributed by atoms with Gasteiger partial charge >= 0.3 is 0 Å². The fraction of sp³-hybridized carbons (Fsp3) is 0.615. The Kier molecular flexibility index (Phi) is 5.86. The molecule has 0 amide bonds. The number of rotatable bonds is 7. The van der Waals surface area contributed by atoms with Gasteiger partial charge in [0.2, 0.25) is 0 Å². The molecule has 0 aromatic carbocycles. The van der Waals surface area contributed by atoms with Crippen molar-refractivity contribution in [2.24, 2.45) is 5.92 Å². The number of nitrogen functional groups attached to an aromatic ring is 1. The maximum absolute atomic E-state index is 5.82. The Morgan fingerprint density at radius 2 is 2.19 bits per heavy atom. The Balaban J connectivity index is 2.10. The first kappa shape index (κ1) is 13.0. The van der Waals surface area contributed by atoms with E-state index in [0.29, 0.717) is 5.92 Å². The highest BCUT2D eigenvalue weighted by molar-refractivity contribution is 5.44. The summed E-state index contributed by atoms with van der Waals surface area (Å²) >= 11 is 0.